The molecule has 0 radical (unpaired) electrons. The van der Waals surface area contributed by atoms with Crippen molar-refractivity contribution < 1.29 is 19.8 Å². The fourth-order valence-corrected chi connectivity index (χ4v) is 5.61. The van der Waals surface area contributed by atoms with Crippen LogP contribution in [0.5, 0.6) is 5.75 Å². The molecule has 2 aliphatic rings. The van der Waals surface area contributed by atoms with E-state index in [0.29, 0.717) is 27.9 Å². The zero-order valence-corrected chi connectivity index (χ0v) is 20.2. The molecule has 0 bridgehead atoms. The van der Waals surface area contributed by atoms with Crippen molar-refractivity contribution in [2.75, 3.05) is 4.90 Å². The Morgan fingerprint density at radius 2 is 1.80 bits per heavy atom. The van der Waals surface area contributed by atoms with Crippen molar-refractivity contribution in [2.45, 2.75) is 44.9 Å². The Morgan fingerprint density at radius 1 is 1.06 bits per heavy atom. The van der Waals surface area contributed by atoms with Crippen molar-refractivity contribution >= 4 is 46.5 Å². The number of nitrogens with zero attached hydrogens (tertiary/aromatic N) is 1. The van der Waals surface area contributed by atoms with E-state index in [0.717, 1.165) is 29.5 Å². The molecule has 5 nitrogen and oxygen atoms in total. The average Bonchev–Trinajstić information content (AvgIpc) is 3.12. The summed E-state index contributed by atoms with van der Waals surface area (Å²) < 4.78 is 0. The third kappa shape index (κ3) is 4.10. The van der Waals surface area contributed by atoms with Gasteiger partial charge >= 0.3 is 5.97 Å². The summed E-state index contributed by atoms with van der Waals surface area (Å²) in [7, 11) is 0. The predicted octanol–water partition coefficient (Wildman–Crippen LogP) is 7.32. The van der Waals surface area contributed by atoms with Crippen molar-refractivity contribution in [3.63, 3.8) is 0 Å². The number of rotatable bonds is 4. The van der Waals surface area contributed by atoms with Gasteiger partial charge in [-0.15, -0.1) is 0 Å². The fraction of sp³-hybridized carbons (Fsp3) is 0.241. The third-order valence-electron chi connectivity index (χ3n) is 7.08. The molecular formula is C29H26ClNO4. The number of phenols is 1. The Hall–Kier alpha value is -3.57. The molecule has 0 saturated heterocycles. The second kappa shape index (κ2) is 9.23. The highest BCUT2D eigenvalue weighted by Gasteiger charge is 2.35. The van der Waals surface area contributed by atoms with Gasteiger partial charge in [0.15, 0.2) is 0 Å². The summed E-state index contributed by atoms with van der Waals surface area (Å²) in [6.07, 6.45) is 7.77. The Morgan fingerprint density at radius 3 is 2.51 bits per heavy atom. The van der Waals surface area contributed by atoms with Crippen LogP contribution in [0.1, 0.15) is 70.6 Å². The fourth-order valence-electron chi connectivity index (χ4n) is 5.38. The van der Waals surface area contributed by atoms with Gasteiger partial charge in [0, 0.05) is 16.7 Å². The lowest BCUT2D eigenvalue weighted by Gasteiger charge is -2.24. The lowest BCUT2D eigenvalue weighted by Crippen LogP contribution is -2.20. The molecule has 0 aromatic heterocycles. The van der Waals surface area contributed by atoms with Crippen LogP contribution in [0.4, 0.5) is 11.4 Å². The summed E-state index contributed by atoms with van der Waals surface area (Å²) in [5.41, 5.74) is 5.23. The standard InChI is InChI=1S/C29H26ClNO4/c1-17-7-5-12-25-27(17)23(28(33)31(25)19-13-14-21(29(34)35)26(32)15-19)16-22-20(10-6-11-24(22)30)18-8-3-2-4-9-18/h5-7,10-16,18,32H,2-4,8-9H2,1H3,(H,34,35)/b23-16+. The zero-order chi connectivity index (χ0) is 24.7. The van der Waals surface area contributed by atoms with E-state index in [1.807, 2.05) is 43.3 Å². The van der Waals surface area contributed by atoms with Crippen molar-refractivity contribution in [2.24, 2.45) is 0 Å². The Labute approximate surface area is 209 Å². The van der Waals surface area contributed by atoms with E-state index in [2.05, 4.69) is 6.07 Å². The van der Waals surface area contributed by atoms with Crippen LogP contribution in [0.25, 0.3) is 11.6 Å². The topological polar surface area (TPSA) is 77.8 Å². The number of carbonyl (C=O) groups is 2. The number of hydrogen-bond donors (Lipinski definition) is 2. The first-order valence-corrected chi connectivity index (χ1v) is 12.3. The molecule has 3 aromatic rings. The number of halogens is 1. The lowest BCUT2D eigenvalue weighted by atomic mass is 9.81. The van der Waals surface area contributed by atoms with Gasteiger partial charge in [-0.05, 0) is 72.7 Å². The highest BCUT2D eigenvalue weighted by Crippen LogP contribution is 2.46. The maximum absolute atomic E-state index is 13.9. The number of aromatic hydroxyl groups is 1. The van der Waals surface area contributed by atoms with Gasteiger partial charge in [-0.1, -0.05) is 55.1 Å². The molecule has 6 heteroatoms. The number of carboxylic acid groups (broad SMARTS) is 1. The highest BCUT2D eigenvalue weighted by molar-refractivity contribution is 6.39. The molecular weight excluding hydrogens is 462 g/mol. The van der Waals surface area contributed by atoms with Gasteiger partial charge in [-0.3, -0.25) is 9.69 Å². The molecule has 1 aliphatic carbocycles. The number of amides is 1. The summed E-state index contributed by atoms with van der Waals surface area (Å²) in [4.78, 5) is 26.7. The number of hydrogen-bond acceptors (Lipinski definition) is 3. The van der Waals surface area contributed by atoms with Crippen LogP contribution in [0.15, 0.2) is 54.6 Å². The normalized spacial score (nSPS) is 17.1. The first-order chi connectivity index (χ1) is 16.9. The lowest BCUT2D eigenvalue weighted by molar-refractivity contribution is -0.112. The third-order valence-corrected chi connectivity index (χ3v) is 7.41. The first kappa shape index (κ1) is 23.2. The number of aryl methyl sites for hydroxylation is 1. The van der Waals surface area contributed by atoms with E-state index in [9.17, 15) is 19.8 Å². The van der Waals surface area contributed by atoms with E-state index in [-0.39, 0.29) is 17.2 Å². The van der Waals surface area contributed by atoms with Crippen LogP contribution in [-0.4, -0.2) is 22.1 Å². The van der Waals surface area contributed by atoms with E-state index < -0.39 is 5.97 Å². The van der Waals surface area contributed by atoms with Crippen molar-refractivity contribution in [3.05, 3.63) is 87.4 Å². The predicted molar refractivity (Wildman–Crippen MR) is 139 cm³/mol. The van der Waals surface area contributed by atoms with Gasteiger partial charge in [0.25, 0.3) is 5.91 Å². The smallest absolute Gasteiger partial charge is 0.339 e. The SMILES string of the molecule is Cc1cccc2c1/C(=C\c1c(Cl)cccc1C1CCCCC1)C(=O)N2c1ccc(C(=O)O)c(O)c1. The van der Waals surface area contributed by atoms with Crippen LogP contribution in [0, 0.1) is 6.92 Å². The molecule has 3 aromatic carbocycles. The highest BCUT2D eigenvalue weighted by atomic mass is 35.5. The molecule has 178 valence electrons. The number of aromatic carboxylic acids is 1. The van der Waals surface area contributed by atoms with E-state index in [1.54, 1.807) is 6.07 Å². The van der Waals surface area contributed by atoms with Gasteiger partial charge < -0.3 is 10.2 Å². The summed E-state index contributed by atoms with van der Waals surface area (Å²) >= 11 is 6.70. The second-order valence-electron chi connectivity index (χ2n) is 9.25. The van der Waals surface area contributed by atoms with Crippen LogP contribution in [0.3, 0.4) is 0 Å². The number of anilines is 2. The van der Waals surface area contributed by atoms with Crippen LogP contribution in [-0.2, 0) is 4.79 Å². The zero-order valence-electron chi connectivity index (χ0n) is 19.4. The molecule has 5 rings (SSSR count). The largest absolute Gasteiger partial charge is 0.507 e. The van der Waals surface area contributed by atoms with Crippen molar-refractivity contribution in [1.82, 2.24) is 0 Å². The molecule has 1 fully saturated rings. The van der Waals surface area contributed by atoms with Crippen LogP contribution in [0.2, 0.25) is 5.02 Å². The molecule has 0 spiro atoms. The second-order valence-corrected chi connectivity index (χ2v) is 9.66. The molecule has 1 heterocycles. The molecule has 1 saturated carbocycles. The quantitative estimate of drug-likeness (QED) is 0.378. The molecule has 2 N–H and O–H groups in total. The minimum Gasteiger partial charge on any atom is -0.507 e. The van der Waals surface area contributed by atoms with Gasteiger partial charge in [0.1, 0.15) is 11.3 Å². The minimum absolute atomic E-state index is 0.214. The monoisotopic (exact) mass is 487 g/mol. The molecule has 1 aliphatic heterocycles. The number of carbonyl (C=O) groups excluding carboxylic acids is 1. The van der Waals surface area contributed by atoms with E-state index in [4.69, 9.17) is 11.6 Å². The van der Waals surface area contributed by atoms with Crippen molar-refractivity contribution in [1.29, 1.82) is 0 Å². The van der Waals surface area contributed by atoms with Gasteiger partial charge in [-0.25, -0.2) is 4.79 Å². The van der Waals surface area contributed by atoms with E-state index in [1.165, 1.54) is 41.9 Å². The maximum atomic E-state index is 13.9. The van der Waals surface area contributed by atoms with Gasteiger partial charge in [0.2, 0.25) is 0 Å². The Balaban J connectivity index is 1.66. The van der Waals surface area contributed by atoms with Gasteiger partial charge in [-0.2, -0.15) is 0 Å². The average molecular weight is 488 g/mol. The Bertz CT molecular complexity index is 1370. The number of carboxylic acids is 1. The molecule has 35 heavy (non-hydrogen) atoms. The summed E-state index contributed by atoms with van der Waals surface area (Å²) in [5, 5.41) is 20.2. The Kier molecular flexibility index (Phi) is 6.12. The summed E-state index contributed by atoms with van der Waals surface area (Å²) in [6.45, 7) is 1.96. The van der Waals surface area contributed by atoms with Crippen LogP contribution < -0.4 is 4.90 Å². The van der Waals surface area contributed by atoms with Crippen LogP contribution >= 0.6 is 11.6 Å². The summed E-state index contributed by atoms with van der Waals surface area (Å²) in [5.74, 6) is -1.45. The minimum atomic E-state index is -1.23. The van der Waals surface area contributed by atoms with Crippen molar-refractivity contribution in [3.8, 4) is 5.75 Å². The maximum Gasteiger partial charge on any atom is 0.339 e. The van der Waals surface area contributed by atoms with Gasteiger partial charge in [0.05, 0.1) is 16.9 Å². The molecule has 0 atom stereocenters. The first-order valence-electron chi connectivity index (χ1n) is 11.9. The summed E-state index contributed by atoms with van der Waals surface area (Å²) in [6, 6.07) is 15.8. The number of fused-ring (bicyclic) bond motifs is 1. The molecule has 1 amide bonds. The van der Waals surface area contributed by atoms with E-state index >= 15 is 0 Å². The molecule has 0 unspecified atom stereocenters. The number of benzene rings is 3.